The molecule has 1 aliphatic carbocycles. The maximum absolute atomic E-state index is 13.4. The van der Waals surface area contributed by atoms with Crippen LogP contribution in [-0.4, -0.2) is 45.3 Å². The van der Waals surface area contributed by atoms with E-state index in [9.17, 15) is 19.6 Å². The number of nitriles is 1. The van der Waals surface area contributed by atoms with Gasteiger partial charge in [-0.15, -0.1) is 0 Å². The van der Waals surface area contributed by atoms with Gasteiger partial charge in [0, 0.05) is 24.1 Å². The largest absolute Gasteiger partial charge is 0.476 e. The summed E-state index contributed by atoms with van der Waals surface area (Å²) >= 11 is 5.88. The number of anilines is 2. The normalized spacial score (nSPS) is 17.7. The number of carboxylic acids is 1. The van der Waals surface area contributed by atoms with Gasteiger partial charge in [-0.3, -0.25) is 0 Å². The van der Waals surface area contributed by atoms with Crippen molar-refractivity contribution >= 4 is 40.1 Å². The summed E-state index contributed by atoms with van der Waals surface area (Å²) in [4.78, 5) is 27.0. The molecule has 0 amide bonds. The van der Waals surface area contributed by atoms with Gasteiger partial charge < -0.3 is 15.3 Å². The Balaban J connectivity index is 1.52. The molecule has 174 valence electrons. The van der Waals surface area contributed by atoms with Crippen molar-refractivity contribution in [2.75, 3.05) is 23.3 Å². The smallest absolute Gasteiger partial charge is 0.356 e. The molecule has 2 N–H and O–H groups in total. The molecule has 3 aromatic rings. The number of fused-ring (bicyclic) bond motifs is 1. The van der Waals surface area contributed by atoms with Crippen LogP contribution in [-0.2, 0) is 0 Å². The van der Waals surface area contributed by atoms with E-state index >= 15 is 0 Å². The molecule has 1 spiro atoms. The first kappa shape index (κ1) is 22.3. The third-order valence-electron chi connectivity index (χ3n) is 6.59. The number of alkyl halides is 1. The Morgan fingerprint density at radius 3 is 2.71 bits per heavy atom. The summed E-state index contributed by atoms with van der Waals surface area (Å²) in [6, 6.07) is 8.74. The zero-order chi connectivity index (χ0) is 24.2. The summed E-state index contributed by atoms with van der Waals surface area (Å²) in [6.07, 6.45) is 0.373. The van der Waals surface area contributed by atoms with Crippen LogP contribution in [0.2, 0.25) is 5.15 Å². The first-order valence-electron chi connectivity index (χ1n) is 11.0. The topological polar surface area (TPSA) is 115 Å². The first-order chi connectivity index (χ1) is 16.2. The Labute approximate surface area is 200 Å². The Morgan fingerprint density at radius 1 is 1.32 bits per heavy atom. The van der Waals surface area contributed by atoms with Gasteiger partial charge in [-0.1, -0.05) is 17.7 Å². The van der Waals surface area contributed by atoms with E-state index in [1.165, 1.54) is 6.07 Å². The third kappa shape index (κ3) is 3.78. The fourth-order valence-electron chi connectivity index (χ4n) is 5.03. The number of nitrogens with zero attached hydrogens (tertiary/aromatic N) is 5. The standard InChI is InChI=1S/C24H22ClFN6O2/c1-12-5-15(13(2)28-16-3-4-19(25)30-21(16)23(33)34)20-17(6-12)29-18(9-27)22(31-20)32-10-24(11-32)7-14(26)8-24/h3-6,13-14,28H,7-8,10-11H2,1-2H3,(H,33,34)/t13-/m1/s1. The van der Waals surface area contributed by atoms with Crippen molar-refractivity contribution in [3.05, 3.63) is 51.9 Å². The monoisotopic (exact) mass is 480 g/mol. The Bertz CT molecular complexity index is 1360. The molecular formula is C24H22ClFN6O2. The van der Waals surface area contributed by atoms with Crippen molar-refractivity contribution in [3.63, 3.8) is 0 Å². The SMILES string of the molecule is Cc1cc([C@@H](C)Nc2ccc(Cl)nc2C(=O)O)c2nc(N3CC4(CC(F)C4)C3)c(C#N)nc2c1. The van der Waals surface area contributed by atoms with Gasteiger partial charge in [-0.05, 0) is 50.5 Å². The van der Waals surface area contributed by atoms with Crippen LogP contribution in [0, 0.1) is 23.7 Å². The van der Waals surface area contributed by atoms with Crippen molar-refractivity contribution in [1.29, 1.82) is 5.26 Å². The van der Waals surface area contributed by atoms with Gasteiger partial charge in [-0.25, -0.2) is 24.1 Å². The lowest BCUT2D eigenvalue weighted by Gasteiger charge is -2.57. The molecule has 1 saturated carbocycles. The Kier molecular flexibility index (Phi) is 5.29. The van der Waals surface area contributed by atoms with Gasteiger partial charge in [0.25, 0.3) is 0 Å². The number of pyridine rings is 1. The van der Waals surface area contributed by atoms with Crippen LogP contribution in [0.1, 0.15) is 53.1 Å². The molecule has 5 rings (SSSR count). The minimum Gasteiger partial charge on any atom is -0.476 e. The van der Waals surface area contributed by atoms with Crippen molar-refractivity contribution in [3.8, 4) is 6.07 Å². The highest BCUT2D eigenvalue weighted by atomic mass is 35.5. The van der Waals surface area contributed by atoms with Crippen LogP contribution < -0.4 is 10.2 Å². The summed E-state index contributed by atoms with van der Waals surface area (Å²) < 4.78 is 13.4. The molecule has 10 heteroatoms. The van der Waals surface area contributed by atoms with Gasteiger partial charge >= 0.3 is 5.97 Å². The number of halogens is 2. The van der Waals surface area contributed by atoms with Crippen molar-refractivity contribution in [2.24, 2.45) is 5.41 Å². The lowest BCUT2D eigenvalue weighted by atomic mass is 9.62. The van der Waals surface area contributed by atoms with E-state index in [1.54, 1.807) is 6.07 Å². The Hall–Kier alpha value is -3.51. The number of aromatic nitrogens is 3. The van der Waals surface area contributed by atoms with Crippen molar-refractivity contribution < 1.29 is 14.3 Å². The molecular weight excluding hydrogens is 459 g/mol. The number of carbonyl (C=O) groups is 1. The van der Waals surface area contributed by atoms with Crippen LogP contribution >= 0.6 is 11.6 Å². The van der Waals surface area contributed by atoms with Crippen LogP contribution in [0.25, 0.3) is 11.0 Å². The van der Waals surface area contributed by atoms with Crippen LogP contribution in [0.5, 0.6) is 0 Å². The van der Waals surface area contributed by atoms with E-state index in [1.807, 2.05) is 30.9 Å². The first-order valence-corrected chi connectivity index (χ1v) is 11.3. The summed E-state index contributed by atoms with van der Waals surface area (Å²) in [5.41, 5.74) is 3.33. The molecule has 1 atom stereocenters. The molecule has 2 aromatic heterocycles. The average Bonchev–Trinajstić information content (AvgIpc) is 2.74. The van der Waals surface area contributed by atoms with E-state index < -0.39 is 12.1 Å². The molecule has 8 nitrogen and oxygen atoms in total. The number of benzene rings is 1. The van der Waals surface area contributed by atoms with Gasteiger partial charge in [-0.2, -0.15) is 5.26 Å². The fraction of sp³-hybridized carbons (Fsp3) is 0.375. The molecule has 1 aliphatic heterocycles. The summed E-state index contributed by atoms with van der Waals surface area (Å²) in [5.74, 6) is -0.690. The van der Waals surface area contributed by atoms with Crippen molar-refractivity contribution in [1.82, 2.24) is 15.0 Å². The molecule has 2 fully saturated rings. The number of aromatic carboxylic acids is 1. The van der Waals surface area contributed by atoms with Crippen LogP contribution in [0.3, 0.4) is 0 Å². The van der Waals surface area contributed by atoms with E-state index in [0.717, 1.165) is 11.1 Å². The van der Waals surface area contributed by atoms with Gasteiger partial charge in [0.05, 0.1) is 22.8 Å². The summed E-state index contributed by atoms with van der Waals surface area (Å²) in [5, 5.41) is 22.5. The van der Waals surface area contributed by atoms with Crippen LogP contribution in [0.15, 0.2) is 24.3 Å². The zero-order valence-electron chi connectivity index (χ0n) is 18.6. The van der Waals surface area contributed by atoms with Gasteiger partial charge in [0.15, 0.2) is 17.2 Å². The number of hydrogen-bond donors (Lipinski definition) is 2. The minimum atomic E-state index is -1.19. The molecule has 2 aliphatic rings. The number of carboxylic acid groups (broad SMARTS) is 1. The predicted octanol–water partition coefficient (Wildman–Crippen LogP) is 4.67. The third-order valence-corrected chi connectivity index (χ3v) is 6.81. The lowest BCUT2D eigenvalue weighted by Crippen LogP contribution is -2.63. The molecule has 1 saturated heterocycles. The lowest BCUT2D eigenvalue weighted by molar-refractivity contribution is 0.000411. The highest BCUT2D eigenvalue weighted by molar-refractivity contribution is 6.29. The van der Waals surface area contributed by atoms with Crippen LogP contribution in [0.4, 0.5) is 15.9 Å². The quantitative estimate of drug-likeness (QED) is 0.506. The molecule has 3 heterocycles. The van der Waals surface area contributed by atoms with Crippen molar-refractivity contribution in [2.45, 2.75) is 38.9 Å². The molecule has 0 radical (unpaired) electrons. The second-order valence-electron chi connectivity index (χ2n) is 9.29. The number of nitrogens with one attached hydrogen (secondary N) is 1. The minimum absolute atomic E-state index is 0.0114. The second-order valence-corrected chi connectivity index (χ2v) is 9.68. The zero-order valence-corrected chi connectivity index (χ0v) is 19.4. The highest BCUT2D eigenvalue weighted by Crippen LogP contribution is 2.51. The highest BCUT2D eigenvalue weighted by Gasteiger charge is 2.53. The second kappa shape index (κ2) is 8.06. The maximum atomic E-state index is 13.4. The molecule has 34 heavy (non-hydrogen) atoms. The van der Waals surface area contributed by atoms with E-state index in [4.69, 9.17) is 16.6 Å². The van der Waals surface area contributed by atoms with E-state index in [2.05, 4.69) is 21.4 Å². The maximum Gasteiger partial charge on any atom is 0.356 e. The number of aryl methyl sites for hydroxylation is 1. The Morgan fingerprint density at radius 2 is 2.06 bits per heavy atom. The molecule has 1 aromatic carbocycles. The van der Waals surface area contributed by atoms with Gasteiger partial charge in [0.2, 0.25) is 0 Å². The van der Waals surface area contributed by atoms with E-state index in [0.29, 0.717) is 48.5 Å². The average molecular weight is 481 g/mol. The van der Waals surface area contributed by atoms with E-state index in [-0.39, 0.29) is 28.0 Å². The van der Waals surface area contributed by atoms with Gasteiger partial charge in [0.1, 0.15) is 17.4 Å². The molecule has 0 bridgehead atoms. The fourth-order valence-corrected chi connectivity index (χ4v) is 5.17. The predicted molar refractivity (Wildman–Crippen MR) is 126 cm³/mol. The number of rotatable bonds is 5. The molecule has 0 unspecified atom stereocenters. The summed E-state index contributed by atoms with van der Waals surface area (Å²) in [6.45, 7) is 5.14. The number of hydrogen-bond acceptors (Lipinski definition) is 7. The summed E-state index contributed by atoms with van der Waals surface area (Å²) in [7, 11) is 0.